The second-order valence-electron chi connectivity index (χ2n) is 7.35. The number of hydrogen-bond acceptors (Lipinski definition) is 6. The number of H-pyrrole nitrogens is 1. The molecule has 7 nitrogen and oxygen atoms in total. The molecule has 0 saturated carbocycles. The Balaban J connectivity index is 0.00000300. The van der Waals surface area contributed by atoms with Gasteiger partial charge in [-0.1, -0.05) is 18.2 Å². The van der Waals surface area contributed by atoms with Crippen molar-refractivity contribution in [1.82, 2.24) is 10.3 Å². The molecule has 154 valence electrons. The van der Waals surface area contributed by atoms with Gasteiger partial charge in [0.2, 0.25) is 5.88 Å². The summed E-state index contributed by atoms with van der Waals surface area (Å²) in [7, 11) is 0. The van der Waals surface area contributed by atoms with Crippen LogP contribution in [0.4, 0.5) is 4.79 Å². The molecule has 0 radical (unpaired) electrons. The monoisotopic (exact) mass is 418 g/mol. The van der Waals surface area contributed by atoms with Crippen molar-refractivity contribution in [1.29, 1.82) is 0 Å². The number of nitrogens with one attached hydrogen (secondary N) is 2. The zero-order chi connectivity index (χ0) is 20.3. The van der Waals surface area contributed by atoms with Gasteiger partial charge in [0.25, 0.3) is 0 Å². The summed E-state index contributed by atoms with van der Waals surface area (Å²) in [5, 5.41) is 13.7. The van der Waals surface area contributed by atoms with E-state index in [2.05, 4.69) is 10.3 Å². The number of phenolic OH excluding ortho intramolecular Hbond substituents is 1. The molecule has 0 aliphatic carbocycles. The van der Waals surface area contributed by atoms with E-state index in [0.717, 1.165) is 0 Å². The summed E-state index contributed by atoms with van der Waals surface area (Å²) in [4.78, 5) is 27.4. The lowest BCUT2D eigenvalue weighted by Crippen LogP contribution is -2.39. The average Bonchev–Trinajstić information content (AvgIpc) is 3.04. The molecule has 0 amide bonds. The SMILES string of the molecule is CC(C)(C)NCC(=O)c1ccc(O)c2[nH]c(OC(=O)Oc3ccccc3)cc12.Cl. The summed E-state index contributed by atoms with van der Waals surface area (Å²) >= 11 is 0. The Morgan fingerprint density at radius 1 is 1.07 bits per heavy atom. The second kappa shape index (κ2) is 8.98. The van der Waals surface area contributed by atoms with Crippen LogP contribution < -0.4 is 14.8 Å². The number of phenols is 1. The maximum Gasteiger partial charge on any atom is 0.520 e. The van der Waals surface area contributed by atoms with Crippen LogP contribution in [0.2, 0.25) is 0 Å². The van der Waals surface area contributed by atoms with Crippen molar-refractivity contribution in [3.8, 4) is 17.4 Å². The van der Waals surface area contributed by atoms with Crippen LogP contribution in [0.25, 0.3) is 10.9 Å². The summed E-state index contributed by atoms with van der Waals surface area (Å²) in [6.45, 7) is 6.04. The third kappa shape index (κ3) is 5.73. The van der Waals surface area contributed by atoms with E-state index < -0.39 is 6.16 Å². The Labute approximate surface area is 174 Å². The highest BCUT2D eigenvalue weighted by Crippen LogP contribution is 2.31. The molecule has 3 N–H and O–H groups in total. The predicted molar refractivity (Wildman–Crippen MR) is 112 cm³/mol. The van der Waals surface area contributed by atoms with Gasteiger partial charge in [0.1, 0.15) is 11.5 Å². The fourth-order valence-electron chi connectivity index (χ4n) is 2.61. The molecule has 0 spiro atoms. The van der Waals surface area contributed by atoms with Gasteiger partial charge in [-0.3, -0.25) is 4.79 Å². The molecule has 2 aromatic carbocycles. The minimum atomic E-state index is -0.931. The van der Waals surface area contributed by atoms with Gasteiger partial charge in [-0.2, -0.15) is 0 Å². The zero-order valence-electron chi connectivity index (χ0n) is 16.3. The largest absolute Gasteiger partial charge is 0.520 e. The topological polar surface area (TPSA) is 101 Å². The summed E-state index contributed by atoms with van der Waals surface area (Å²) in [6.07, 6.45) is -0.931. The number of para-hydroxylation sites is 1. The van der Waals surface area contributed by atoms with Gasteiger partial charge in [0.05, 0.1) is 12.1 Å². The summed E-state index contributed by atoms with van der Waals surface area (Å²) in [5.74, 6) is 0.213. The third-order valence-electron chi connectivity index (χ3n) is 3.96. The van der Waals surface area contributed by atoms with Crippen LogP contribution in [0.15, 0.2) is 48.5 Å². The van der Waals surface area contributed by atoms with E-state index in [1.165, 1.54) is 12.1 Å². The van der Waals surface area contributed by atoms with Crippen LogP contribution in [0.3, 0.4) is 0 Å². The standard InChI is InChI=1S/C21H22N2O5.ClH/c1-21(2,3)22-12-17(25)14-9-10-16(24)19-15(14)11-18(23-19)28-20(26)27-13-7-5-4-6-8-13;/h4-11,22-24H,12H2,1-3H3;1H. The molecule has 0 unspecified atom stereocenters. The van der Waals surface area contributed by atoms with E-state index in [-0.39, 0.29) is 41.9 Å². The van der Waals surface area contributed by atoms with Crippen molar-refractivity contribution in [2.24, 2.45) is 0 Å². The molecule has 0 saturated heterocycles. The molecule has 3 rings (SSSR count). The summed E-state index contributed by atoms with van der Waals surface area (Å²) in [5.41, 5.74) is 0.510. The number of ketones is 1. The molecule has 0 aliphatic heterocycles. The molecule has 1 heterocycles. The van der Waals surface area contributed by atoms with E-state index in [0.29, 0.717) is 22.2 Å². The van der Waals surface area contributed by atoms with E-state index in [1.807, 2.05) is 20.8 Å². The Morgan fingerprint density at radius 3 is 2.41 bits per heavy atom. The van der Waals surface area contributed by atoms with E-state index in [4.69, 9.17) is 9.47 Å². The molecule has 0 atom stereocenters. The number of aromatic nitrogens is 1. The highest BCUT2D eigenvalue weighted by Gasteiger charge is 2.19. The number of aromatic hydroxyl groups is 1. The van der Waals surface area contributed by atoms with Crippen LogP contribution in [0.1, 0.15) is 31.1 Å². The normalized spacial score (nSPS) is 11.0. The average molecular weight is 419 g/mol. The second-order valence-corrected chi connectivity index (χ2v) is 7.35. The van der Waals surface area contributed by atoms with Gasteiger partial charge in [-0.15, -0.1) is 12.4 Å². The maximum atomic E-state index is 12.6. The zero-order valence-corrected chi connectivity index (χ0v) is 17.1. The highest BCUT2D eigenvalue weighted by molar-refractivity contribution is 6.10. The Hall–Kier alpha value is -3.03. The van der Waals surface area contributed by atoms with Gasteiger partial charge in [-0.25, -0.2) is 4.79 Å². The molecule has 0 aliphatic rings. The summed E-state index contributed by atoms with van der Waals surface area (Å²) < 4.78 is 10.2. The number of fused-ring (bicyclic) bond motifs is 1. The first-order valence-electron chi connectivity index (χ1n) is 8.80. The van der Waals surface area contributed by atoms with Gasteiger partial charge < -0.3 is 24.9 Å². The number of halogens is 1. The maximum absolute atomic E-state index is 12.6. The van der Waals surface area contributed by atoms with E-state index in [9.17, 15) is 14.7 Å². The number of hydrogen-bond donors (Lipinski definition) is 3. The van der Waals surface area contributed by atoms with E-state index in [1.54, 1.807) is 36.4 Å². The Bertz CT molecular complexity index is 1010. The van der Waals surface area contributed by atoms with Crippen LogP contribution >= 0.6 is 12.4 Å². The molecular formula is C21H23ClN2O5. The van der Waals surface area contributed by atoms with Crippen LogP contribution in [-0.2, 0) is 0 Å². The van der Waals surface area contributed by atoms with Crippen molar-refractivity contribution in [2.75, 3.05) is 6.54 Å². The van der Waals surface area contributed by atoms with Crippen LogP contribution in [0, 0.1) is 0 Å². The fourth-order valence-corrected chi connectivity index (χ4v) is 2.61. The van der Waals surface area contributed by atoms with Crippen molar-refractivity contribution < 1.29 is 24.2 Å². The van der Waals surface area contributed by atoms with Crippen LogP contribution in [0.5, 0.6) is 17.4 Å². The molecule has 3 aromatic rings. The van der Waals surface area contributed by atoms with Gasteiger partial charge in [0.15, 0.2) is 5.78 Å². The van der Waals surface area contributed by atoms with Crippen molar-refractivity contribution >= 4 is 35.2 Å². The van der Waals surface area contributed by atoms with Crippen molar-refractivity contribution in [3.05, 3.63) is 54.1 Å². The van der Waals surface area contributed by atoms with Gasteiger partial charge >= 0.3 is 6.16 Å². The minimum Gasteiger partial charge on any atom is -0.506 e. The lowest BCUT2D eigenvalue weighted by atomic mass is 10.0. The Morgan fingerprint density at radius 2 is 1.76 bits per heavy atom. The number of carbonyl (C=O) groups is 2. The minimum absolute atomic E-state index is 0. The lowest BCUT2D eigenvalue weighted by molar-refractivity contribution is 0.0983. The summed E-state index contributed by atoms with van der Waals surface area (Å²) in [6, 6.07) is 13.0. The Kier molecular flexibility index (Phi) is 6.89. The quantitative estimate of drug-likeness (QED) is 0.321. The van der Waals surface area contributed by atoms with Gasteiger partial charge in [-0.05, 0) is 45.0 Å². The first-order chi connectivity index (χ1) is 13.2. The van der Waals surface area contributed by atoms with E-state index >= 15 is 0 Å². The highest BCUT2D eigenvalue weighted by atomic mass is 35.5. The number of ether oxygens (including phenoxy) is 2. The molecule has 8 heteroatoms. The molecule has 29 heavy (non-hydrogen) atoms. The van der Waals surface area contributed by atoms with Crippen molar-refractivity contribution in [3.63, 3.8) is 0 Å². The fraction of sp³-hybridized carbons (Fsp3) is 0.238. The van der Waals surface area contributed by atoms with Gasteiger partial charge in [0, 0.05) is 22.6 Å². The molecule has 0 fully saturated rings. The number of Topliss-reactive ketones (excluding diaryl/α,β-unsaturated/α-hetero) is 1. The van der Waals surface area contributed by atoms with Crippen LogP contribution in [-0.4, -0.2) is 34.1 Å². The molecular weight excluding hydrogens is 396 g/mol. The third-order valence-corrected chi connectivity index (χ3v) is 3.96. The first kappa shape index (κ1) is 22.3. The first-order valence-corrected chi connectivity index (χ1v) is 8.80. The lowest BCUT2D eigenvalue weighted by Gasteiger charge is -2.19. The number of aromatic amines is 1. The van der Waals surface area contributed by atoms with Crippen molar-refractivity contribution in [2.45, 2.75) is 26.3 Å². The molecule has 0 bridgehead atoms. The number of carbonyl (C=O) groups excluding carboxylic acids is 2. The number of benzene rings is 2. The molecule has 1 aromatic heterocycles. The smallest absolute Gasteiger partial charge is 0.506 e. The number of rotatable bonds is 5. The predicted octanol–water partition coefficient (Wildman–Crippen LogP) is 4.44.